The van der Waals surface area contributed by atoms with E-state index in [1.807, 2.05) is 10.7 Å². The molecular weight excluding hydrogens is 499 g/mol. The summed E-state index contributed by atoms with van der Waals surface area (Å²) in [5.74, 6) is 0.267. The number of aromatic nitrogens is 4. The first kappa shape index (κ1) is 24.1. The zero-order valence-electron chi connectivity index (χ0n) is 20.5. The van der Waals surface area contributed by atoms with Gasteiger partial charge in [0.25, 0.3) is 0 Å². The van der Waals surface area contributed by atoms with Crippen molar-refractivity contribution in [1.29, 1.82) is 0 Å². The first-order valence-electron chi connectivity index (χ1n) is 12.6. The van der Waals surface area contributed by atoms with Crippen molar-refractivity contribution in [2.24, 2.45) is 17.3 Å². The van der Waals surface area contributed by atoms with Gasteiger partial charge in [0.2, 0.25) is 5.91 Å². The van der Waals surface area contributed by atoms with Gasteiger partial charge in [-0.1, -0.05) is 23.7 Å². The van der Waals surface area contributed by atoms with Crippen LogP contribution >= 0.6 is 11.6 Å². The lowest BCUT2D eigenvalue weighted by Crippen LogP contribution is -2.57. The number of carbonyl (C=O) groups is 1. The van der Waals surface area contributed by atoms with E-state index in [1.165, 1.54) is 12.1 Å². The zero-order valence-corrected chi connectivity index (χ0v) is 21.2. The molecule has 1 amide bonds. The number of hydrogen-bond donors (Lipinski definition) is 1. The Labute approximate surface area is 218 Å². The normalized spacial score (nSPS) is 28.0. The molecule has 3 aromatic rings. The van der Waals surface area contributed by atoms with E-state index in [-0.39, 0.29) is 33.5 Å². The van der Waals surface area contributed by atoms with Crippen LogP contribution in [-0.2, 0) is 16.9 Å². The number of nitrogens with zero attached hydrogens (tertiary/aromatic N) is 5. The molecule has 7 rings (SSSR count). The van der Waals surface area contributed by atoms with Gasteiger partial charge in [-0.2, -0.15) is 9.78 Å². The molecule has 194 valence electrons. The fourth-order valence-corrected chi connectivity index (χ4v) is 7.97. The standard InChI is InChI=1S/C26H28ClFN6O3/c1-16-23(27)24(34(36)37)31-33(16)26-9-18-5-19(10-26)8-25(7-18,15-26)11-22(35)30-21-12-29-32(14-21)13-17-3-2-4-20(28)6-17/h2-4,6,12,14,18-19H,5,7-11,13,15H2,1H3,(H,30,35). The summed E-state index contributed by atoms with van der Waals surface area (Å²) < 4.78 is 17.0. The first-order valence-corrected chi connectivity index (χ1v) is 13.0. The Bertz CT molecular complexity index is 1390. The highest BCUT2D eigenvalue weighted by Gasteiger charge is 2.60. The molecule has 37 heavy (non-hydrogen) atoms. The SMILES string of the molecule is Cc1c(Cl)c([N+](=O)[O-])nn1C12CC3CC(CC(CC(=O)Nc4cnn(Cc5cccc(F)c5)c4)(C3)C1)C2. The van der Waals surface area contributed by atoms with Gasteiger partial charge in [0.05, 0.1) is 34.8 Å². The lowest BCUT2D eigenvalue weighted by atomic mass is 9.46. The molecule has 2 heterocycles. The van der Waals surface area contributed by atoms with Gasteiger partial charge >= 0.3 is 5.82 Å². The van der Waals surface area contributed by atoms with Crippen LogP contribution in [-0.4, -0.2) is 30.4 Å². The van der Waals surface area contributed by atoms with Gasteiger partial charge in [-0.15, -0.1) is 0 Å². The van der Waals surface area contributed by atoms with E-state index in [9.17, 15) is 19.3 Å². The fraction of sp³-hybridized carbons (Fsp3) is 0.500. The minimum Gasteiger partial charge on any atom is -0.358 e. The lowest BCUT2D eigenvalue weighted by molar-refractivity contribution is -0.389. The van der Waals surface area contributed by atoms with Crippen LogP contribution in [0.5, 0.6) is 0 Å². The van der Waals surface area contributed by atoms with Gasteiger partial charge in [0.1, 0.15) is 5.82 Å². The molecule has 4 bridgehead atoms. The van der Waals surface area contributed by atoms with Crippen LogP contribution in [0, 0.1) is 40.1 Å². The second-order valence-corrected chi connectivity index (χ2v) is 11.7. The van der Waals surface area contributed by atoms with Crippen molar-refractivity contribution in [1.82, 2.24) is 19.6 Å². The topological polar surface area (TPSA) is 108 Å². The third-order valence-corrected chi connectivity index (χ3v) is 8.93. The molecule has 1 N–H and O–H groups in total. The average Bonchev–Trinajstić information content (AvgIpc) is 3.36. The van der Waals surface area contributed by atoms with Crippen LogP contribution in [0.1, 0.15) is 56.2 Å². The number of hydrogen-bond acceptors (Lipinski definition) is 5. The molecule has 4 saturated carbocycles. The Morgan fingerprint density at radius 3 is 2.73 bits per heavy atom. The van der Waals surface area contributed by atoms with E-state index >= 15 is 0 Å². The highest BCUT2D eigenvalue weighted by molar-refractivity contribution is 6.33. The van der Waals surface area contributed by atoms with Gasteiger partial charge in [-0.3, -0.25) is 9.48 Å². The maximum Gasteiger partial charge on any atom is 0.408 e. The molecule has 2 unspecified atom stereocenters. The number of anilines is 1. The second-order valence-electron chi connectivity index (χ2n) is 11.4. The molecule has 2 aromatic heterocycles. The lowest BCUT2D eigenvalue weighted by Gasteiger charge is -2.61. The summed E-state index contributed by atoms with van der Waals surface area (Å²) in [6.45, 7) is 2.20. The van der Waals surface area contributed by atoms with Gasteiger partial charge in [0, 0.05) is 12.6 Å². The molecule has 1 aromatic carbocycles. The molecule has 0 spiro atoms. The van der Waals surface area contributed by atoms with Gasteiger partial charge in [-0.25, -0.2) is 4.39 Å². The summed E-state index contributed by atoms with van der Waals surface area (Å²) in [6.07, 6.45) is 9.41. The number of nitro groups is 1. The molecule has 0 saturated heterocycles. The second kappa shape index (κ2) is 8.65. The predicted octanol–water partition coefficient (Wildman–Crippen LogP) is 5.46. The third-order valence-electron chi connectivity index (χ3n) is 8.49. The predicted molar refractivity (Wildman–Crippen MR) is 135 cm³/mol. The molecule has 4 aliphatic carbocycles. The van der Waals surface area contributed by atoms with Crippen LogP contribution in [0.2, 0.25) is 5.02 Å². The van der Waals surface area contributed by atoms with Crippen molar-refractivity contribution in [3.63, 3.8) is 0 Å². The Balaban J connectivity index is 1.19. The van der Waals surface area contributed by atoms with Crippen molar-refractivity contribution < 1.29 is 14.1 Å². The molecule has 9 nitrogen and oxygen atoms in total. The molecule has 4 aliphatic rings. The smallest absolute Gasteiger partial charge is 0.358 e. The molecular formula is C26H28ClFN6O3. The third kappa shape index (κ3) is 4.31. The van der Waals surface area contributed by atoms with Crippen LogP contribution < -0.4 is 5.32 Å². The van der Waals surface area contributed by atoms with Crippen molar-refractivity contribution in [3.8, 4) is 0 Å². The van der Waals surface area contributed by atoms with E-state index < -0.39 is 4.92 Å². The number of benzene rings is 1. The number of halogens is 2. The van der Waals surface area contributed by atoms with E-state index in [1.54, 1.807) is 30.1 Å². The Kier molecular flexibility index (Phi) is 5.63. The largest absolute Gasteiger partial charge is 0.408 e. The monoisotopic (exact) mass is 526 g/mol. The van der Waals surface area contributed by atoms with E-state index in [2.05, 4.69) is 15.5 Å². The van der Waals surface area contributed by atoms with Crippen LogP contribution in [0.3, 0.4) is 0 Å². The number of rotatable bonds is 7. The highest BCUT2D eigenvalue weighted by Crippen LogP contribution is 2.65. The average molecular weight is 527 g/mol. The Morgan fingerprint density at radius 2 is 2.05 bits per heavy atom. The summed E-state index contributed by atoms with van der Waals surface area (Å²) in [6, 6.07) is 6.35. The molecule has 2 atom stereocenters. The molecule has 0 aliphatic heterocycles. The summed E-state index contributed by atoms with van der Waals surface area (Å²) in [5, 5.41) is 23.3. The Morgan fingerprint density at radius 1 is 1.30 bits per heavy atom. The summed E-state index contributed by atoms with van der Waals surface area (Å²) in [4.78, 5) is 24.2. The van der Waals surface area contributed by atoms with Crippen molar-refractivity contribution >= 4 is 29.0 Å². The van der Waals surface area contributed by atoms with Crippen molar-refractivity contribution in [3.05, 3.63) is 68.9 Å². The first-order chi connectivity index (χ1) is 17.6. The van der Waals surface area contributed by atoms with Gasteiger partial charge < -0.3 is 15.4 Å². The minimum absolute atomic E-state index is 0.0661. The van der Waals surface area contributed by atoms with Crippen molar-refractivity contribution in [2.75, 3.05) is 5.32 Å². The Hall–Kier alpha value is -3.27. The zero-order chi connectivity index (χ0) is 25.9. The van der Waals surface area contributed by atoms with E-state index in [0.29, 0.717) is 36.2 Å². The van der Waals surface area contributed by atoms with Gasteiger partial charge in [0.15, 0.2) is 5.02 Å². The molecule has 11 heteroatoms. The van der Waals surface area contributed by atoms with E-state index in [4.69, 9.17) is 11.6 Å². The molecule has 0 radical (unpaired) electrons. The quantitative estimate of drug-likeness (QED) is 0.325. The number of carbonyl (C=O) groups excluding carboxylic acids is 1. The van der Waals surface area contributed by atoms with Crippen molar-refractivity contribution in [2.45, 2.75) is 64.0 Å². The maximum absolute atomic E-state index is 13.5. The minimum atomic E-state index is -0.524. The van der Waals surface area contributed by atoms with E-state index in [0.717, 1.165) is 44.1 Å². The summed E-state index contributed by atoms with van der Waals surface area (Å²) >= 11 is 6.30. The van der Waals surface area contributed by atoms with Crippen LogP contribution in [0.25, 0.3) is 0 Å². The molecule has 4 fully saturated rings. The summed E-state index contributed by atoms with van der Waals surface area (Å²) in [7, 11) is 0. The van der Waals surface area contributed by atoms with Gasteiger partial charge in [-0.05, 0) is 85.3 Å². The summed E-state index contributed by atoms with van der Waals surface area (Å²) in [5.41, 5.74) is 1.49. The maximum atomic E-state index is 13.5. The fourth-order valence-electron chi connectivity index (χ4n) is 7.79. The number of amides is 1. The van der Waals surface area contributed by atoms with Crippen LogP contribution in [0.15, 0.2) is 36.7 Å². The van der Waals surface area contributed by atoms with Crippen LogP contribution in [0.4, 0.5) is 15.9 Å². The number of nitrogens with one attached hydrogen (secondary N) is 1. The highest BCUT2D eigenvalue weighted by atomic mass is 35.5.